The molecule has 21 heavy (non-hydrogen) atoms. The SMILES string of the molecule is Cc1ccc(-c2cncc(OC[C@@H]3CCCN3C)c2)cc1. The second kappa shape index (κ2) is 6.27. The fourth-order valence-corrected chi connectivity index (χ4v) is 2.78. The summed E-state index contributed by atoms with van der Waals surface area (Å²) in [5.41, 5.74) is 3.55. The first kappa shape index (κ1) is 14.1. The largest absolute Gasteiger partial charge is 0.490 e. The van der Waals surface area contributed by atoms with Gasteiger partial charge in [-0.15, -0.1) is 0 Å². The van der Waals surface area contributed by atoms with E-state index in [0.29, 0.717) is 6.04 Å². The molecule has 1 saturated heterocycles. The van der Waals surface area contributed by atoms with Crippen LogP contribution in [-0.2, 0) is 0 Å². The van der Waals surface area contributed by atoms with Gasteiger partial charge in [-0.05, 0) is 45.0 Å². The van der Waals surface area contributed by atoms with E-state index in [4.69, 9.17) is 4.74 Å². The number of likely N-dealkylation sites (tertiary alicyclic amines) is 1. The highest BCUT2D eigenvalue weighted by atomic mass is 16.5. The van der Waals surface area contributed by atoms with Crippen LogP contribution in [0.25, 0.3) is 11.1 Å². The van der Waals surface area contributed by atoms with Crippen LogP contribution < -0.4 is 4.74 Å². The van der Waals surface area contributed by atoms with Gasteiger partial charge in [-0.1, -0.05) is 29.8 Å². The number of ether oxygens (including phenoxy) is 1. The maximum absolute atomic E-state index is 5.94. The quantitative estimate of drug-likeness (QED) is 0.858. The van der Waals surface area contributed by atoms with E-state index in [2.05, 4.69) is 54.2 Å². The lowest BCUT2D eigenvalue weighted by atomic mass is 10.1. The topological polar surface area (TPSA) is 25.4 Å². The van der Waals surface area contributed by atoms with Crippen LogP contribution in [0.3, 0.4) is 0 Å². The Kier molecular flexibility index (Phi) is 4.20. The minimum atomic E-state index is 0.535. The van der Waals surface area contributed by atoms with Crippen molar-refractivity contribution in [1.29, 1.82) is 0 Å². The van der Waals surface area contributed by atoms with Gasteiger partial charge in [0.05, 0.1) is 6.20 Å². The molecule has 2 aromatic rings. The summed E-state index contributed by atoms with van der Waals surface area (Å²) < 4.78 is 5.94. The molecule has 0 spiro atoms. The number of rotatable bonds is 4. The first-order chi connectivity index (χ1) is 10.2. The summed E-state index contributed by atoms with van der Waals surface area (Å²) in [6.45, 7) is 4.02. The molecule has 0 bridgehead atoms. The minimum absolute atomic E-state index is 0.535. The van der Waals surface area contributed by atoms with Crippen LogP contribution in [0, 0.1) is 6.92 Å². The average Bonchev–Trinajstić information content (AvgIpc) is 2.91. The molecule has 110 valence electrons. The van der Waals surface area contributed by atoms with E-state index in [0.717, 1.165) is 17.9 Å². The van der Waals surface area contributed by atoms with Gasteiger partial charge in [0.15, 0.2) is 0 Å². The highest BCUT2D eigenvalue weighted by molar-refractivity contribution is 5.64. The molecule has 1 aliphatic rings. The fourth-order valence-electron chi connectivity index (χ4n) is 2.78. The zero-order chi connectivity index (χ0) is 14.7. The summed E-state index contributed by atoms with van der Waals surface area (Å²) in [6.07, 6.45) is 6.18. The maximum Gasteiger partial charge on any atom is 0.138 e. The van der Waals surface area contributed by atoms with Crippen molar-refractivity contribution in [2.75, 3.05) is 20.2 Å². The van der Waals surface area contributed by atoms with E-state index in [-0.39, 0.29) is 0 Å². The van der Waals surface area contributed by atoms with Crippen molar-refractivity contribution in [3.63, 3.8) is 0 Å². The molecule has 1 aromatic heterocycles. The molecule has 3 heteroatoms. The molecule has 3 rings (SSSR count). The Morgan fingerprint density at radius 2 is 2.00 bits per heavy atom. The zero-order valence-corrected chi connectivity index (χ0v) is 12.7. The molecule has 0 radical (unpaired) electrons. The standard InChI is InChI=1S/C18H22N2O/c1-14-5-7-15(8-6-14)16-10-18(12-19-11-16)21-13-17-4-3-9-20(17)2/h5-8,10-12,17H,3-4,9,13H2,1-2H3/t17-/m0/s1. The lowest BCUT2D eigenvalue weighted by Gasteiger charge is -2.19. The van der Waals surface area contributed by atoms with Gasteiger partial charge in [0, 0.05) is 17.8 Å². The van der Waals surface area contributed by atoms with Gasteiger partial charge in [-0.2, -0.15) is 0 Å². The van der Waals surface area contributed by atoms with Crippen LogP contribution in [0.15, 0.2) is 42.7 Å². The first-order valence-electron chi connectivity index (χ1n) is 7.57. The summed E-state index contributed by atoms with van der Waals surface area (Å²) in [6, 6.07) is 11.1. The number of aromatic nitrogens is 1. The Hall–Kier alpha value is -1.87. The van der Waals surface area contributed by atoms with Gasteiger partial charge in [0.25, 0.3) is 0 Å². The minimum Gasteiger partial charge on any atom is -0.490 e. The van der Waals surface area contributed by atoms with Gasteiger partial charge >= 0.3 is 0 Å². The average molecular weight is 282 g/mol. The summed E-state index contributed by atoms with van der Waals surface area (Å²) >= 11 is 0. The Morgan fingerprint density at radius 1 is 1.19 bits per heavy atom. The van der Waals surface area contributed by atoms with Crippen molar-refractivity contribution >= 4 is 0 Å². The molecule has 0 saturated carbocycles. The van der Waals surface area contributed by atoms with E-state index >= 15 is 0 Å². The molecule has 2 heterocycles. The molecule has 1 aliphatic heterocycles. The molecule has 3 nitrogen and oxygen atoms in total. The predicted molar refractivity (Wildman–Crippen MR) is 85.6 cm³/mol. The first-order valence-corrected chi connectivity index (χ1v) is 7.57. The Bertz CT molecular complexity index is 594. The fraction of sp³-hybridized carbons (Fsp3) is 0.389. The Balaban J connectivity index is 1.69. The number of likely N-dealkylation sites (N-methyl/N-ethyl adjacent to an activating group) is 1. The molecule has 0 N–H and O–H groups in total. The van der Waals surface area contributed by atoms with Crippen LogP contribution in [0.4, 0.5) is 0 Å². The van der Waals surface area contributed by atoms with Crippen molar-refractivity contribution in [3.05, 3.63) is 48.3 Å². The second-order valence-electron chi connectivity index (χ2n) is 5.86. The lowest BCUT2D eigenvalue weighted by Crippen LogP contribution is -2.30. The Morgan fingerprint density at radius 3 is 2.71 bits per heavy atom. The summed E-state index contributed by atoms with van der Waals surface area (Å²) in [4.78, 5) is 6.68. The van der Waals surface area contributed by atoms with E-state index in [1.807, 2.05) is 6.20 Å². The second-order valence-corrected chi connectivity index (χ2v) is 5.86. The van der Waals surface area contributed by atoms with Crippen LogP contribution in [0.2, 0.25) is 0 Å². The van der Waals surface area contributed by atoms with Crippen molar-refractivity contribution in [1.82, 2.24) is 9.88 Å². The molecule has 0 amide bonds. The number of pyridine rings is 1. The molecular formula is C18H22N2O. The molecular weight excluding hydrogens is 260 g/mol. The molecule has 1 aromatic carbocycles. The van der Waals surface area contributed by atoms with E-state index in [9.17, 15) is 0 Å². The van der Waals surface area contributed by atoms with Gasteiger partial charge in [0.2, 0.25) is 0 Å². The number of hydrogen-bond acceptors (Lipinski definition) is 3. The number of aryl methyl sites for hydroxylation is 1. The number of benzene rings is 1. The highest BCUT2D eigenvalue weighted by Crippen LogP contribution is 2.24. The predicted octanol–water partition coefficient (Wildman–Crippen LogP) is 3.53. The zero-order valence-electron chi connectivity index (χ0n) is 12.7. The van der Waals surface area contributed by atoms with Crippen molar-refractivity contribution in [2.24, 2.45) is 0 Å². The molecule has 1 atom stereocenters. The van der Waals surface area contributed by atoms with Gasteiger partial charge in [-0.3, -0.25) is 4.98 Å². The lowest BCUT2D eigenvalue weighted by molar-refractivity contribution is 0.198. The summed E-state index contributed by atoms with van der Waals surface area (Å²) in [5.74, 6) is 0.855. The highest BCUT2D eigenvalue weighted by Gasteiger charge is 2.21. The third kappa shape index (κ3) is 3.42. The molecule has 1 fully saturated rings. The van der Waals surface area contributed by atoms with Gasteiger partial charge in [0.1, 0.15) is 12.4 Å². The monoisotopic (exact) mass is 282 g/mol. The summed E-state index contributed by atoms with van der Waals surface area (Å²) in [7, 11) is 2.17. The maximum atomic E-state index is 5.94. The van der Waals surface area contributed by atoms with E-state index < -0.39 is 0 Å². The van der Waals surface area contributed by atoms with Gasteiger partial charge < -0.3 is 9.64 Å². The van der Waals surface area contributed by atoms with E-state index in [1.54, 1.807) is 6.20 Å². The van der Waals surface area contributed by atoms with Crippen LogP contribution in [0.1, 0.15) is 18.4 Å². The van der Waals surface area contributed by atoms with Crippen LogP contribution in [-0.4, -0.2) is 36.1 Å². The Labute approximate surface area is 126 Å². The normalized spacial score (nSPS) is 18.9. The van der Waals surface area contributed by atoms with Crippen molar-refractivity contribution in [2.45, 2.75) is 25.8 Å². The van der Waals surface area contributed by atoms with Gasteiger partial charge in [-0.25, -0.2) is 0 Å². The third-order valence-corrected chi connectivity index (χ3v) is 4.21. The summed E-state index contributed by atoms with van der Waals surface area (Å²) in [5, 5.41) is 0. The van der Waals surface area contributed by atoms with Crippen molar-refractivity contribution < 1.29 is 4.74 Å². The third-order valence-electron chi connectivity index (χ3n) is 4.21. The van der Waals surface area contributed by atoms with Crippen molar-refractivity contribution in [3.8, 4) is 16.9 Å². The number of nitrogens with zero attached hydrogens (tertiary/aromatic N) is 2. The number of hydrogen-bond donors (Lipinski definition) is 0. The van der Waals surface area contributed by atoms with Crippen LogP contribution in [0.5, 0.6) is 5.75 Å². The van der Waals surface area contributed by atoms with E-state index in [1.165, 1.54) is 30.5 Å². The molecule has 0 unspecified atom stereocenters. The smallest absolute Gasteiger partial charge is 0.138 e. The van der Waals surface area contributed by atoms with Crippen LogP contribution >= 0.6 is 0 Å². The molecule has 0 aliphatic carbocycles.